The van der Waals surface area contributed by atoms with Crippen LogP contribution in [-0.4, -0.2) is 39.2 Å². The third kappa shape index (κ3) is 4.50. The molecule has 21 heavy (non-hydrogen) atoms. The number of hydrogen-bond acceptors (Lipinski definition) is 3. The lowest BCUT2D eigenvalue weighted by Gasteiger charge is -2.16. The SMILES string of the molecule is O=C1NCCN1c1cccc(NS(=O)(=O)CCCCCl)c1. The molecule has 1 aliphatic rings. The number of sulfonamides is 1. The van der Waals surface area contributed by atoms with Gasteiger partial charge in [0.2, 0.25) is 10.0 Å². The van der Waals surface area contributed by atoms with Crippen LogP contribution >= 0.6 is 11.6 Å². The fraction of sp³-hybridized carbons (Fsp3) is 0.462. The molecule has 0 radical (unpaired) electrons. The molecule has 0 bridgehead atoms. The normalized spacial score (nSPS) is 15.1. The number of nitrogens with zero attached hydrogens (tertiary/aromatic N) is 1. The summed E-state index contributed by atoms with van der Waals surface area (Å²) < 4.78 is 26.4. The molecule has 0 saturated carbocycles. The minimum atomic E-state index is -3.39. The van der Waals surface area contributed by atoms with Crippen molar-refractivity contribution in [3.05, 3.63) is 24.3 Å². The van der Waals surface area contributed by atoms with Crippen LogP contribution in [0.3, 0.4) is 0 Å². The number of alkyl halides is 1. The molecule has 0 spiro atoms. The molecule has 1 aliphatic heterocycles. The highest BCUT2D eigenvalue weighted by atomic mass is 35.5. The summed E-state index contributed by atoms with van der Waals surface area (Å²) in [5.41, 5.74) is 1.13. The number of carbonyl (C=O) groups excluding carboxylic acids is 1. The second-order valence-corrected chi connectivity index (χ2v) is 6.97. The summed E-state index contributed by atoms with van der Waals surface area (Å²) >= 11 is 5.54. The number of hydrogen-bond donors (Lipinski definition) is 2. The Kier molecular flexibility index (Phi) is 5.30. The molecule has 2 rings (SSSR count). The van der Waals surface area contributed by atoms with Crippen LogP contribution in [0.2, 0.25) is 0 Å². The van der Waals surface area contributed by atoms with Gasteiger partial charge < -0.3 is 5.32 Å². The third-order valence-corrected chi connectivity index (χ3v) is 4.72. The minimum Gasteiger partial charge on any atom is -0.336 e. The predicted octanol–water partition coefficient (Wildman–Crippen LogP) is 1.98. The van der Waals surface area contributed by atoms with Gasteiger partial charge in [0.15, 0.2) is 0 Å². The Balaban J connectivity index is 2.05. The Morgan fingerprint density at radius 3 is 2.81 bits per heavy atom. The molecular formula is C13H18ClN3O3S. The Bertz CT molecular complexity index is 606. The number of halogens is 1. The van der Waals surface area contributed by atoms with Gasteiger partial charge in [-0.05, 0) is 31.0 Å². The van der Waals surface area contributed by atoms with Crippen molar-refractivity contribution < 1.29 is 13.2 Å². The molecule has 1 heterocycles. The molecule has 2 N–H and O–H groups in total. The molecule has 1 aromatic carbocycles. The lowest BCUT2D eigenvalue weighted by atomic mass is 10.2. The molecule has 0 aromatic heterocycles. The highest BCUT2D eigenvalue weighted by molar-refractivity contribution is 7.92. The van der Waals surface area contributed by atoms with Crippen LogP contribution in [0.15, 0.2) is 24.3 Å². The Morgan fingerprint density at radius 1 is 1.33 bits per heavy atom. The second-order valence-electron chi connectivity index (χ2n) is 4.75. The molecule has 0 atom stereocenters. The number of amides is 2. The first-order valence-electron chi connectivity index (χ1n) is 6.74. The maximum absolute atomic E-state index is 11.9. The zero-order chi connectivity index (χ0) is 15.3. The maximum atomic E-state index is 11.9. The van der Waals surface area contributed by atoms with Crippen molar-refractivity contribution in [2.45, 2.75) is 12.8 Å². The van der Waals surface area contributed by atoms with Crippen molar-refractivity contribution in [3.8, 4) is 0 Å². The first-order valence-corrected chi connectivity index (χ1v) is 8.92. The fourth-order valence-corrected chi connectivity index (χ4v) is 3.43. The standard InChI is InChI=1S/C13H18ClN3O3S/c14-6-1-2-9-21(19,20)16-11-4-3-5-12(10-11)17-8-7-15-13(17)18/h3-5,10,16H,1-2,6-9H2,(H,15,18). The van der Waals surface area contributed by atoms with E-state index in [9.17, 15) is 13.2 Å². The summed E-state index contributed by atoms with van der Waals surface area (Å²) in [5, 5.41) is 2.71. The summed E-state index contributed by atoms with van der Waals surface area (Å²) in [7, 11) is -3.39. The van der Waals surface area contributed by atoms with Gasteiger partial charge in [0.25, 0.3) is 0 Å². The van der Waals surface area contributed by atoms with Crippen LogP contribution in [0.5, 0.6) is 0 Å². The van der Waals surface area contributed by atoms with E-state index in [1.54, 1.807) is 29.2 Å². The average molecular weight is 332 g/mol. The smallest absolute Gasteiger partial charge is 0.321 e. The average Bonchev–Trinajstić information content (AvgIpc) is 2.85. The summed E-state index contributed by atoms with van der Waals surface area (Å²) in [6.07, 6.45) is 1.18. The van der Waals surface area contributed by atoms with Crippen LogP contribution in [0, 0.1) is 0 Å². The van der Waals surface area contributed by atoms with Gasteiger partial charge in [-0.25, -0.2) is 13.2 Å². The van der Waals surface area contributed by atoms with E-state index < -0.39 is 10.0 Å². The van der Waals surface area contributed by atoms with E-state index in [0.29, 0.717) is 43.2 Å². The van der Waals surface area contributed by atoms with Crippen LogP contribution in [0.1, 0.15) is 12.8 Å². The van der Waals surface area contributed by atoms with Gasteiger partial charge in [0.1, 0.15) is 0 Å². The highest BCUT2D eigenvalue weighted by Gasteiger charge is 2.21. The molecule has 1 fully saturated rings. The van der Waals surface area contributed by atoms with Crippen molar-refractivity contribution in [1.82, 2.24) is 5.32 Å². The zero-order valence-electron chi connectivity index (χ0n) is 11.5. The molecule has 0 aliphatic carbocycles. The van der Waals surface area contributed by atoms with E-state index in [1.807, 2.05) is 0 Å². The Hall–Kier alpha value is -1.47. The topological polar surface area (TPSA) is 78.5 Å². The lowest BCUT2D eigenvalue weighted by molar-refractivity contribution is 0.252. The van der Waals surface area contributed by atoms with Crippen LogP contribution in [0.25, 0.3) is 0 Å². The second kappa shape index (κ2) is 7.00. The number of anilines is 2. The number of nitrogens with one attached hydrogen (secondary N) is 2. The summed E-state index contributed by atoms with van der Waals surface area (Å²) in [6, 6.07) is 6.64. The number of benzene rings is 1. The molecule has 2 amide bonds. The van der Waals surface area contributed by atoms with Crippen LogP contribution in [-0.2, 0) is 10.0 Å². The van der Waals surface area contributed by atoms with Gasteiger partial charge in [-0.2, -0.15) is 0 Å². The number of rotatable bonds is 7. The maximum Gasteiger partial charge on any atom is 0.321 e. The first kappa shape index (κ1) is 15.9. The number of carbonyl (C=O) groups is 1. The Morgan fingerprint density at radius 2 is 2.14 bits per heavy atom. The first-order chi connectivity index (χ1) is 10.0. The minimum absolute atomic E-state index is 0.0359. The van der Waals surface area contributed by atoms with Crippen LogP contribution in [0.4, 0.5) is 16.2 Å². The van der Waals surface area contributed by atoms with Crippen molar-refractivity contribution in [2.24, 2.45) is 0 Å². The van der Waals surface area contributed by atoms with Crippen molar-refractivity contribution >= 4 is 39.0 Å². The van der Waals surface area contributed by atoms with E-state index >= 15 is 0 Å². The molecular weight excluding hydrogens is 314 g/mol. The van der Waals surface area contributed by atoms with E-state index in [1.165, 1.54) is 0 Å². The summed E-state index contributed by atoms with van der Waals surface area (Å²) in [6.45, 7) is 1.16. The Labute approximate surface area is 129 Å². The quantitative estimate of drug-likeness (QED) is 0.592. The molecule has 116 valence electrons. The molecule has 6 nitrogen and oxygen atoms in total. The zero-order valence-corrected chi connectivity index (χ0v) is 13.1. The monoisotopic (exact) mass is 331 g/mol. The molecule has 1 aromatic rings. The van der Waals surface area contributed by atoms with E-state index in [0.717, 1.165) is 0 Å². The van der Waals surface area contributed by atoms with Gasteiger partial charge in [0, 0.05) is 24.7 Å². The fourth-order valence-electron chi connectivity index (χ4n) is 2.07. The van der Waals surface area contributed by atoms with E-state index in [4.69, 9.17) is 11.6 Å². The van der Waals surface area contributed by atoms with Crippen molar-refractivity contribution in [1.29, 1.82) is 0 Å². The molecule has 0 unspecified atom stereocenters. The number of unbranched alkanes of at least 4 members (excludes halogenated alkanes) is 1. The largest absolute Gasteiger partial charge is 0.336 e. The highest BCUT2D eigenvalue weighted by Crippen LogP contribution is 2.21. The molecule has 1 saturated heterocycles. The van der Waals surface area contributed by atoms with Gasteiger partial charge in [-0.15, -0.1) is 11.6 Å². The van der Waals surface area contributed by atoms with Crippen molar-refractivity contribution in [3.63, 3.8) is 0 Å². The van der Waals surface area contributed by atoms with Crippen LogP contribution < -0.4 is 14.9 Å². The third-order valence-electron chi connectivity index (χ3n) is 3.08. The number of urea groups is 1. The van der Waals surface area contributed by atoms with E-state index in [2.05, 4.69) is 10.0 Å². The van der Waals surface area contributed by atoms with E-state index in [-0.39, 0.29) is 11.8 Å². The summed E-state index contributed by atoms with van der Waals surface area (Å²) in [5.74, 6) is 0.489. The van der Waals surface area contributed by atoms with Gasteiger partial charge in [0.05, 0.1) is 11.4 Å². The molecule has 8 heteroatoms. The van der Waals surface area contributed by atoms with Crippen molar-refractivity contribution in [2.75, 3.05) is 34.3 Å². The van der Waals surface area contributed by atoms with Gasteiger partial charge >= 0.3 is 6.03 Å². The van der Waals surface area contributed by atoms with Gasteiger partial charge in [-0.3, -0.25) is 9.62 Å². The lowest BCUT2D eigenvalue weighted by Crippen LogP contribution is -2.27. The predicted molar refractivity (Wildman–Crippen MR) is 84.6 cm³/mol. The van der Waals surface area contributed by atoms with Gasteiger partial charge in [-0.1, -0.05) is 6.07 Å². The summed E-state index contributed by atoms with van der Waals surface area (Å²) in [4.78, 5) is 13.2.